The maximum Gasteiger partial charge on any atom is 0.307 e. The van der Waals surface area contributed by atoms with Crippen LogP contribution in [0.15, 0.2) is 0 Å². The molecule has 0 bridgehead atoms. The van der Waals surface area contributed by atoms with Gasteiger partial charge in [-0.15, -0.1) is 0 Å². The van der Waals surface area contributed by atoms with Crippen LogP contribution in [0.1, 0.15) is 60.3 Å². The summed E-state index contributed by atoms with van der Waals surface area (Å²) >= 11 is 0. The van der Waals surface area contributed by atoms with Crippen molar-refractivity contribution in [1.82, 2.24) is 5.32 Å². The van der Waals surface area contributed by atoms with Gasteiger partial charge < -0.3 is 16.2 Å². The molecule has 0 aromatic carbocycles. The molecule has 1 aliphatic carbocycles. The number of nitrogens with one attached hydrogen (secondary N) is 1. The third-order valence-electron chi connectivity index (χ3n) is 5.08. The van der Waals surface area contributed by atoms with E-state index >= 15 is 0 Å². The van der Waals surface area contributed by atoms with Crippen molar-refractivity contribution in [3.05, 3.63) is 0 Å². The quantitative estimate of drug-likeness (QED) is 0.725. The van der Waals surface area contributed by atoms with E-state index in [9.17, 15) is 14.7 Å². The van der Waals surface area contributed by atoms with Gasteiger partial charge in [0.15, 0.2) is 0 Å². The minimum atomic E-state index is -0.735. The van der Waals surface area contributed by atoms with E-state index in [1.165, 1.54) is 0 Å². The van der Waals surface area contributed by atoms with Crippen molar-refractivity contribution in [3.8, 4) is 0 Å². The lowest BCUT2D eigenvalue weighted by atomic mass is 9.61. The summed E-state index contributed by atoms with van der Waals surface area (Å²) in [5.74, 6) is -0.942. The Hall–Kier alpha value is -1.10. The predicted octanol–water partition coefficient (Wildman–Crippen LogP) is 2.15. The summed E-state index contributed by atoms with van der Waals surface area (Å²) in [6.45, 7) is 9.82. The molecule has 0 spiro atoms. The normalized spacial score (nSPS) is 29.0. The van der Waals surface area contributed by atoms with Crippen molar-refractivity contribution < 1.29 is 14.7 Å². The molecular weight excluding hydrogens is 268 g/mol. The van der Waals surface area contributed by atoms with E-state index < -0.39 is 5.97 Å². The summed E-state index contributed by atoms with van der Waals surface area (Å²) in [5.41, 5.74) is 5.23. The Morgan fingerprint density at radius 2 is 1.90 bits per heavy atom. The van der Waals surface area contributed by atoms with Crippen molar-refractivity contribution in [3.63, 3.8) is 0 Å². The van der Waals surface area contributed by atoms with E-state index in [2.05, 4.69) is 5.32 Å². The SMILES string of the molecule is CC1C(NC(=O)CCC(C)(C)N)CCC(C(=O)O)C1(C)C. The zero-order valence-corrected chi connectivity index (χ0v) is 13.9. The highest BCUT2D eigenvalue weighted by atomic mass is 16.4. The van der Waals surface area contributed by atoms with Gasteiger partial charge in [0.2, 0.25) is 5.91 Å². The Morgan fingerprint density at radius 1 is 1.33 bits per heavy atom. The number of hydrogen-bond donors (Lipinski definition) is 3. The molecule has 21 heavy (non-hydrogen) atoms. The standard InChI is InChI=1S/C16H30N2O3/c1-10-12(18-13(19)8-9-15(2,3)17)7-6-11(14(20)21)16(10,4)5/h10-12H,6-9,17H2,1-5H3,(H,18,19)(H,20,21). The highest BCUT2D eigenvalue weighted by Gasteiger charge is 2.46. The van der Waals surface area contributed by atoms with Gasteiger partial charge >= 0.3 is 5.97 Å². The molecule has 3 atom stereocenters. The number of nitrogens with two attached hydrogens (primary N) is 1. The summed E-state index contributed by atoms with van der Waals surface area (Å²) < 4.78 is 0. The van der Waals surface area contributed by atoms with Gasteiger partial charge in [-0.2, -0.15) is 0 Å². The van der Waals surface area contributed by atoms with E-state index in [1.54, 1.807) is 0 Å². The Morgan fingerprint density at radius 3 is 2.38 bits per heavy atom. The summed E-state index contributed by atoms with van der Waals surface area (Å²) in [7, 11) is 0. The molecule has 5 nitrogen and oxygen atoms in total. The van der Waals surface area contributed by atoms with Gasteiger partial charge in [-0.25, -0.2) is 0 Å². The van der Waals surface area contributed by atoms with Gasteiger partial charge in [-0.3, -0.25) is 9.59 Å². The Balaban J connectivity index is 2.62. The summed E-state index contributed by atoms with van der Waals surface area (Å²) in [5, 5.41) is 12.4. The van der Waals surface area contributed by atoms with Crippen LogP contribution < -0.4 is 11.1 Å². The molecule has 0 saturated heterocycles. The molecule has 1 amide bonds. The first-order valence-electron chi connectivity index (χ1n) is 7.76. The lowest BCUT2D eigenvalue weighted by Gasteiger charge is -2.46. The maximum atomic E-state index is 12.0. The zero-order chi connectivity index (χ0) is 16.4. The Bertz CT molecular complexity index is 399. The third kappa shape index (κ3) is 4.70. The summed E-state index contributed by atoms with van der Waals surface area (Å²) in [4.78, 5) is 23.4. The Labute approximate surface area is 127 Å². The number of amides is 1. The van der Waals surface area contributed by atoms with Gasteiger partial charge in [0.05, 0.1) is 5.92 Å². The number of carbonyl (C=O) groups excluding carboxylic acids is 1. The zero-order valence-electron chi connectivity index (χ0n) is 13.9. The average molecular weight is 298 g/mol. The van der Waals surface area contributed by atoms with Crippen LogP contribution in [-0.2, 0) is 9.59 Å². The highest BCUT2D eigenvalue weighted by Crippen LogP contribution is 2.45. The lowest BCUT2D eigenvalue weighted by Crippen LogP contribution is -2.52. The molecular formula is C16H30N2O3. The van der Waals surface area contributed by atoms with E-state index in [-0.39, 0.29) is 34.7 Å². The van der Waals surface area contributed by atoms with E-state index in [0.717, 1.165) is 6.42 Å². The molecule has 1 saturated carbocycles. The second kappa shape index (κ2) is 6.34. The first kappa shape index (κ1) is 18.0. The molecule has 3 unspecified atom stereocenters. The minimum Gasteiger partial charge on any atom is -0.481 e. The fourth-order valence-electron chi connectivity index (χ4n) is 3.16. The summed E-state index contributed by atoms with van der Waals surface area (Å²) in [6, 6.07) is 0.0454. The Kier molecular flexibility index (Phi) is 5.42. The molecule has 1 rings (SSSR count). The lowest BCUT2D eigenvalue weighted by molar-refractivity contribution is -0.150. The van der Waals surface area contributed by atoms with Crippen LogP contribution in [0.2, 0.25) is 0 Å². The molecule has 0 aromatic heterocycles. The summed E-state index contributed by atoms with van der Waals surface area (Å²) in [6.07, 6.45) is 2.38. The van der Waals surface area contributed by atoms with Crippen LogP contribution in [0.3, 0.4) is 0 Å². The molecule has 1 fully saturated rings. The second-order valence-electron chi connectivity index (χ2n) is 7.74. The van der Waals surface area contributed by atoms with Gasteiger partial charge in [-0.1, -0.05) is 20.8 Å². The van der Waals surface area contributed by atoms with Crippen molar-refractivity contribution >= 4 is 11.9 Å². The highest BCUT2D eigenvalue weighted by molar-refractivity contribution is 5.76. The van der Waals surface area contributed by atoms with Crippen LogP contribution in [0, 0.1) is 17.3 Å². The number of carbonyl (C=O) groups is 2. The van der Waals surface area contributed by atoms with Crippen LogP contribution >= 0.6 is 0 Å². The second-order valence-corrected chi connectivity index (χ2v) is 7.74. The van der Waals surface area contributed by atoms with E-state index in [1.807, 2.05) is 34.6 Å². The minimum absolute atomic E-state index is 0.00921. The first-order valence-corrected chi connectivity index (χ1v) is 7.76. The van der Waals surface area contributed by atoms with Crippen molar-refractivity contribution in [2.24, 2.45) is 23.0 Å². The molecule has 1 aliphatic rings. The molecule has 0 radical (unpaired) electrons. The number of aliphatic carboxylic acids is 1. The largest absolute Gasteiger partial charge is 0.481 e. The van der Waals surface area contributed by atoms with Gasteiger partial charge in [0.25, 0.3) is 0 Å². The van der Waals surface area contributed by atoms with E-state index in [0.29, 0.717) is 19.3 Å². The van der Waals surface area contributed by atoms with Crippen LogP contribution in [0.5, 0.6) is 0 Å². The number of carboxylic acid groups (broad SMARTS) is 1. The number of rotatable bonds is 5. The predicted molar refractivity (Wildman–Crippen MR) is 82.7 cm³/mol. The molecule has 0 aromatic rings. The van der Waals surface area contributed by atoms with Crippen LogP contribution in [0.25, 0.3) is 0 Å². The van der Waals surface area contributed by atoms with E-state index in [4.69, 9.17) is 5.73 Å². The molecule has 4 N–H and O–H groups in total. The van der Waals surface area contributed by atoms with Crippen LogP contribution in [-0.4, -0.2) is 28.6 Å². The first-order chi connectivity index (χ1) is 9.45. The topological polar surface area (TPSA) is 92.4 Å². The maximum absolute atomic E-state index is 12.0. The number of hydrogen-bond acceptors (Lipinski definition) is 3. The van der Waals surface area contributed by atoms with Gasteiger partial charge in [0.1, 0.15) is 0 Å². The molecule has 0 aliphatic heterocycles. The van der Waals surface area contributed by atoms with Crippen LogP contribution in [0.4, 0.5) is 0 Å². The van der Waals surface area contributed by atoms with Gasteiger partial charge in [-0.05, 0) is 44.4 Å². The fraction of sp³-hybridized carbons (Fsp3) is 0.875. The molecule has 122 valence electrons. The number of carboxylic acids is 1. The molecule has 5 heteroatoms. The third-order valence-corrected chi connectivity index (χ3v) is 5.08. The van der Waals surface area contributed by atoms with Crippen molar-refractivity contribution in [2.45, 2.75) is 71.9 Å². The average Bonchev–Trinajstić information content (AvgIpc) is 2.31. The fourth-order valence-corrected chi connectivity index (χ4v) is 3.16. The van der Waals surface area contributed by atoms with Crippen molar-refractivity contribution in [2.75, 3.05) is 0 Å². The van der Waals surface area contributed by atoms with Crippen molar-refractivity contribution in [1.29, 1.82) is 0 Å². The molecule has 0 heterocycles. The van der Waals surface area contributed by atoms with Gasteiger partial charge in [0, 0.05) is 18.0 Å². The smallest absolute Gasteiger partial charge is 0.307 e. The monoisotopic (exact) mass is 298 g/mol.